The molecule has 0 atom stereocenters. The van der Waals surface area contributed by atoms with E-state index in [0.717, 1.165) is 5.69 Å². The number of hydrogen-bond acceptors (Lipinski definition) is 2. The number of nitrogens with one attached hydrogen (secondary N) is 1. The standard InChI is InChI=1S/C14H17N3O/c1-11(2)10-14(18)15-13-8-9-17(16-13)12-6-4-3-5-7-12/h3-9,11H,10H2,1-2H3,(H,15,16,18). The molecule has 0 unspecified atom stereocenters. The molecule has 2 rings (SSSR count). The highest BCUT2D eigenvalue weighted by Crippen LogP contribution is 2.10. The van der Waals surface area contributed by atoms with Crippen molar-refractivity contribution in [2.24, 2.45) is 5.92 Å². The Morgan fingerprint density at radius 2 is 2.00 bits per heavy atom. The van der Waals surface area contributed by atoms with E-state index < -0.39 is 0 Å². The molecule has 4 nitrogen and oxygen atoms in total. The van der Waals surface area contributed by atoms with Crippen molar-refractivity contribution in [3.05, 3.63) is 42.6 Å². The number of rotatable bonds is 4. The van der Waals surface area contributed by atoms with Gasteiger partial charge in [-0.1, -0.05) is 32.0 Å². The third kappa shape index (κ3) is 3.20. The molecule has 0 fully saturated rings. The Labute approximate surface area is 107 Å². The second-order valence-electron chi connectivity index (χ2n) is 4.63. The smallest absolute Gasteiger partial charge is 0.225 e. The molecule has 1 amide bonds. The van der Waals surface area contributed by atoms with Crippen LogP contribution in [0.2, 0.25) is 0 Å². The first-order chi connectivity index (χ1) is 8.65. The summed E-state index contributed by atoms with van der Waals surface area (Å²) in [6, 6.07) is 11.6. The number of para-hydroxylation sites is 1. The van der Waals surface area contributed by atoms with Gasteiger partial charge in [0, 0.05) is 18.7 Å². The predicted molar refractivity (Wildman–Crippen MR) is 71.6 cm³/mol. The largest absolute Gasteiger partial charge is 0.309 e. The summed E-state index contributed by atoms with van der Waals surface area (Å²) in [5, 5.41) is 7.11. The van der Waals surface area contributed by atoms with Crippen LogP contribution in [0.15, 0.2) is 42.6 Å². The van der Waals surface area contributed by atoms with Gasteiger partial charge in [0.05, 0.1) is 5.69 Å². The molecule has 4 heteroatoms. The normalized spacial score (nSPS) is 10.6. The maximum absolute atomic E-state index is 11.6. The van der Waals surface area contributed by atoms with Gasteiger partial charge in [-0.15, -0.1) is 0 Å². The van der Waals surface area contributed by atoms with Crippen LogP contribution in [0.4, 0.5) is 5.82 Å². The summed E-state index contributed by atoms with van der Waals surface area (Å²) in [7, 11) is 0. The first-order valence-corrected chi connectivity index (χ1v) is 6.06. The minimum absolute atomic E-state index is 0.00307. The van der Waals surface area contributed by atoms with Crippen molar-refractivity contribution in [1.82, 2.24) is 9.78 Å². The molecule has 0 spiro atoms. The van der Waals surface area contributed by atoms with Crippen LogP contribution in [-0.2, 0) is 4.79 Å². The van der Waals surface area contributed by atoms with Gasteiger partial charge in [0.15, 0.2) is 5.82 Å². The maximum Gasteiger partial charge on any atom is 0.225 e. The molecular formula is C14H17N3O. The van der Waals surface area contributed by atoms with Crippen LogP contribution >= 0.6 is 0 Å². The van der Waals surface area contributed by atoms with Crippen molar-refractivity contribution >= 4 is 11.7 Å². The zero-order valence-corrected chi connectivity index (χ0v) is 10.6. The van der Waals surface area contributed by atoms with E-state index in [4.69, 9.17) is 0 Å². The molecule has 0 saturated carbocycles. The fraction of sp³-hybridized carbons (Fsp3) is 0.286. The average Bonchev–Trinajstić information content (AvgIpc) is 2.77. The molecule has 0 bridgehead atoms. The molecule has 0 saturated heterocycles. The topological polar surface area (TPSA) is 46.9 Å². The molecule has 18 heavy (non-hydrogen) atoms. The van der Waals surface area contributed by atoms with Crippen LogP contribution in [0, 0.1) is 5.92 Å². The van der Waals surface area contributed by atoms with Gasteiger partial charge in [0.2, 0.25) is 5.91 Å². The zero-order valence-electron chi connectivity index (χ0n) is 10.6. The lowest BCUT2D eigenvalue weighted by Crippen LogP contribution is -2.14. The Hall–Kier alpha value is -2.10. The van der Waals surface area contributed by atoms with Crippen molar-refractivity contribution in [3.63, 3.8) is 0 Å². The van der Waals surface area contributed by atoms with Crippen LogP contribution in [0.5, 0.6) is 0 Å². The summed E-state index contributed by atoms with van der Waals surface area (Å²) >= 11 is 0. The van der Waals surface area contributed by atoms with E-state index in [1.54, 1.807) is 10.7 Å². The Balaban J connectivity index is 2.05. The SMILES string of the molecule is CC(C)CC(=O)Nc1ccn(-c2ccccc2)n1. The Morgan fingerprint density at radius 1 is 1.28 bits per heavy atom. The number of anilines is 1. The third-order valence-electron chi connectivity index (χ3n) is 2.47. The van der Waals surface area contributed by atoms with E-state index in [1.807, 2.05) is 50.4 Å². The first-order valence-electron chi connectivity index (χ1n) is 6.06. The Kier molecular flexibility index (Phi) is 3.77. The highest BCUT2D eigenvalue weighted by Gasteiger charge is 2.07. The third-order valence-corrected chi connectivity index (χ3v) is 2.47. The molecule has 0 aliphatic rings. The number of amides is 1. The lowest BCUT2D eigenvalue weighted by atomic mass is 10.1. The van der Waals surface area contributed by atoms with Gasteiger partial charge in [-0.3, -0.25) is 4.79 Å². The van der Waals surface area contributed by atoms with E-state index in [9.17, 15) is 4.79 Å². The number of benzene rings is 1. The Bertz CT molecular complexity index is 517. The van der Waals surface area contributed by atoms with Gasteiger partial charge >= 0.3 is 0 Å². The molecule has 1 aromatic carbocycles. The molecule has 1 aromatic heterocycles. The van der Waals surface area contributed by atoms with E-state index >= 15 is 0 Å². The second-order valence-corrected chi connectivity index (χ2v) is 4.63. The van der Waals surface area contributed by atoms with E-state index in [1.165, 1.54) is 0 Å². The molecule has 0 aliphatic carbocycles. The molecule has 0 radical (unpaired) electrons. The lowest BCUT2D eigenvalue weighted by molar-refractivity contribution is -0.116. The molecule has 1 N–H and O–H groups in total. The fourth-order valence-electron chi connectivity index (χ4n) is 1.68. The van der Waals surface area contributed by atoms with Gasteiger partial charge in [-0.2, -0.15) is 5.10 Å². The highest BCUT2D eigenvalue weighted by atomic mass is 16.1. The minimum Gasteiger partial charge on any atom is -0.309 e. The predicted octanol–water partition coefficient (Wildman–Crippen LogP) is 2.86. The number of carbonyl (C=O) groups excluding carboxylic acids is 1. The maximum atomic E-state index is 11.6. The highest BCUT2D eigenvalue weighted by molar-refractivity contribution is 5.89. The van der Waals surface area contributed by atoms with Gasteiger partial charge in [-0.25, -0.2) is 4.68 Å². The van der Waals surface area contributed by atoms with Crippen LogP contribution in [0.3, 0.4) is 0 Å². The van der Waals surface area contributed by atoms with Gasteiger partial charge in [0.1, 0.15) is 0 Å². The van der Waals surface area contributed by atoms with Crippen molar-refractivity contribution in [2.75, 3.05) is 5.32 Å². The molecule has 2 aromatic rings. The minimum atomic E-state index is 0.00307. The summed E-state index contributed by atoms with van der Waals surface area (Å²) in [5.74, 6) is 0.939. The van der Waals surface area contributed by atoms with E-state index in [0.29, 0.717) is 18.2 Å². The zero-order chi connectivity index (χ0) is 13.0. The second kappa shape index (κ2) is 5.49. The molecule has 0 aliphatic heterocycles. The first kappa shape index (κ1) is 12.4. The number of aromatic nitrogens is 2. The van der Waals surface area contributed by atoms with Crippen LogP contribution in [0.25, 0.3) is 5.69 Å². The number of nitrogens with zero attached hydrogens (tertiary/aromatic N) is 2. The van der Waals surface area contributed by atoms with Gasteiger partial charge in [0.25, 0.3) is 0 Å². The van der Waals surface area contributed by atoms with E-state index in [2.05, 4.69) is 10.4 Å². The molecular weight excluding hydrogens is 226 g/mol. The lowest BCUT2D eigenvalue weighted by Gasteiger charge is -2.04. The summed E-state index contributed by atoms with van der Waals surface area (Å²) in [6.45, 7) is 4.03. The monoisotopic (exact) mass is 243 g/mol. The van der Waals surface area contributed by atoms with Gasteiger partial charge < -0.3 is 5.32 Å². The summed E-state index contributed by atoms with van der Waals surface area (Å²) in [5.41, 5.74) is 0.974. The van der Waals surface area contributed by atoms with Crippen molar-refractivity contribution in [1.29, 1.82) is 0 Å². The summed E-state index contributed by atoms with van der Waals surface area (Å²) < 4.78 is 1.74. The van der Waals surface area contributed by atoms with Gasteiger partial charge in [-0.05, 0) is 18.1 Å². The molecule has 94 valence electrons. The molecule has 1 heterocycles. The van der Waals surface area contributed by atoms with Crippen molar-refractivity contribution in [2.45, 2.75) is 20.3 Å². The number of carbonyl (C=O) groups is 1. The Morgan fingerprint density at radius 3 is 2.67 bits per heavy atom. The average molecular weight is 243 g/mol. The quantitative estimate of drug-likeness (QED) is 0.897. The van der Waals surface area contributed by atoms with E-state index in [-0.39, 0.29) is 5.91 Å². The van der Waals surface area contributed by atoms with Crippen LogP contribution in [-0.4, -0.2) is 15.7 Å². The summed E-state index contributed by atoms with van der Waals surface area (Å²) in [6.07, 6.45) is 2.35. The van der Waals surface area contributed by atoms with Crippen molar-refractivity contribution in [3.8, 4) is 5.69 Å². The number of hydrogen-bond donors (Lipinski definition) is 1. The van der Waals surface area contributed by atoms with Crippen molar-refractivity contribution < 1.29 is 4.79 Å². The summed E-state index contributed by atoms with van der Waals surface area (Å²) in [4.78, 5) is 11.6. The van der Waals surface area contributed by atoms with Crippen LogP contribution in [0.1, 0.15) is 20.3 Å². The fourth-order valence-corrected chi connectivity index (χ4v) is 1.68. The van der Waals surface area contributed by atoms with Crippen LogP contribution < -0.4 is 5.32 Å².